The summed E-state index contributed by atoms with van der Waals surface area (Å²) in [6.07, 6.45) is -0.493. The van der Waals surface area contributed by atoms with Gasteiger partial charge in [0.05, 0.1) is 19.3 Å². The molecule has 34 heavy (non-hydrogen) atoms. The highest BCUT2D eigenvalue weighted by atomic mass is 16.5. The molecule has 1 amide bonds. The molecular weight excluding hydrogens is 442 g/mol. The van der Waals surface area contributed by atoms with Crippen molar-refractivity contribution in [1.82, 2.24) is 5.32 Å². The fourth-order valence-electron chi connectivity index (χ4n) is 3.39. The molecule has 1 aliphatic rings. The summed E-state index contributed by atoms with van der Waals surface area (Å²) >= 11 is 0. The molecule has 4 N–H and O–H groups in total. The number of carbonyl (C=O) groups excluding carboxylic acids is 1. The number of ether oxygens (including phenoxy) is 2. The van der Waals surface area contributed by atoms with E-state index in [-0.39, 0.29) is 32.1 Å². The van der Waals surface area contributed by atoms with Gasteiger partial charge in [-0.15, -0.1) is 0 Å². The third kappa shape index (κ3) is 6.24. The third-order valence-electron chi connectivity index (χ3n) is 5.19. The van der Waals surface area contributed by atoms with E-state index in [1.165, 1.54) is 0 Å². The number of amides is 1. The summed E-state index contributed by atoms with van der Waals surface area (Å²) in [6.45, 7) is -0.279. The first-order valence-corrected chi connectivity index (χ1v) is 10.8. The van der Waals surface area contributed by atoms with Gasteiger partial charge in [0.25, 0.3) is 5.91 Å². The van der Waals surface area contributed by atoms with Crippen LogP contribution < -0.4 is 10.1 Å². The van der Waals surface area contributed by atoms with Crippen LogP contribution in [0.5, 0.6) is 5.75 Å². The first-order chi connectivity index (χ1) is 16.5. The van der Waals surface area contributed by atoms with Crippen molar-refractivity contribution in [3.05, 3.63) is 70.1 Å². The molecule has 0 spiro atoms. The molecule has 2 atom stereocenters. The van der Waals surface area contributed by atoms with Gasteiger partial charge in [0, 0.05) is 42.2 Å². The zero-order chi connectivity index (χ0) is 24.4. The summed E-state index contributed by atoms with van der Waals surface area (Å²) in [6, 6.07) is 13.9. The van der Waals surface area contributed by atoms with Crippen LogP contribution in [0, 0.1) is 0 Å². The number of aliphatic hydroxyl groups excluding tert-OH is 3. The van der Waals surface area contributed by atoms with Crippen LogP contribution in [0.3, 0.4) is 0 Å². The molecule has 2 aromatic rings. The molecule has 11 nitrogen and oxygen atoms in total. The quantitative estimate of drug-likeness (QED) is 0.159. The van der Waals surface area contributed by atoms with Crippen molar-refractivity contribution in [2.75, 3.05) is 33.0 Å². The monoisotopic (exact) mass is 469 g/mol. The Labute approximate surface area is 196 Å². The Morgan fingerprint density at radius 1 is 1.26 bits per heavy atom. The Morgan fingerprint density at radius 2 is 2.03 bits per heavy atom. The number of aliphatic hydroxyl groups is 3. The van der Waals surface area contributed by atoms with Crippen molar-refractivity contribution in [2.24, 2.45) is 10.1 Å². The van der Waals surface area contributed by atoms with Crippen LogP contribution in [0.1, 0.15) is 17.5 Å². The lowest BCUT2D eigenvalue weighted by Gasteiger charge is -2.24. The van der Waals surface area contributed by atoms with E-state index in [9.17, 15) is 9.90 Å². The van der Waals surface area contributed by atoms with Crippen molar-refractivity contribution in [3.8, 4) is 5.75 Å². The van der Waals surface area contributed by atoms with Gasteiger partial charge in [0.2, 0.25) is 5.90 Å². The number of nitrogens with one attached hydrogen (secondary N) is 1. The number of benzene rings is 2. The second-order valence-corrected chi connectivity index (χ2v) is 7.73. The largest absolute Gasteiger partial charge is 0.494 e. The van der Waals surface area contributed by atoms with Gasteiger partial charge in [0.15, 0.2) is 5.54 Å². The smallest absolute Gasteiger partial charge is 0.252 e. The number of aliphatic imine (C=N–C) groups is 1. The van der Waals surface area contributed by atoms with Crippen LogP contribution in [0.15, 0.2) is 58.6 Å². The van der Waals surface area contributed by atoms with Gasteiger partial charge in [-0.05, 0) is 35.4 Å². The van der Waals surface area contributed by atoms with E-state index >= 15 is 0 Å². The van der Waals surface area contributed by atoms with Crippen molar-refractivity contribution in [1.29, 1.82) is 0 Å². The van der Waals surface area contributed by atoms with Gasteiger partial charge >= 0.3 is 0 Å². The predicted octanol–water partition coefficient (Wildman–Crippen LogP) is 1.62. The van der Waals surface area contributed by atoms with Gasteiger partial charge in [-0.25, -0.2) is 4.99 Å². The average molecular weight is 469 g/mol. The van der Waals surface area contributed by atoms with Crippen molar-refractivity contribution in [2.45, 2.75) is 24.5 Å². The molecule has 1 unspecified atom stereocenters. The maximum absolute atomic E-state index is 13.2. The van der Waals surface area contributed by atoms with Crippen molar-refractivity contribution >= 4 is 17.5 Å². The van der Waals surface area contributed by atoms with E-state index in [0.29, 0.717) is 35.6 Å². The molecule has 0 aromatic heterocycles. The van der Waals surface area contributed by atoms with E-state index in [1.54, 1.807) is 48.5 Å². The summed E-state index contributed by atoms with van der Waals surface area (Å²) in [4.78, 5) is 20.7. The molecule has 0 radical (unpaired) electrons. The number of carbonyl (C=O) groups is 1. The molecule has 1 heterocycles. The number of nitrogens with zero attached hydrogens (tertiary/aromatic N) is 4. The van der Waals surface area contributed by atoms with E-state index in [0.717, 1.165) is 0 Å². The topological polar surface area (TPSA) is 169 Å². The summed E-state index contributed by atoms with van der Waals surface area (Å²) in [5.41, 5.74) is 9.14. The molecule has 0 saturated heterocycles. The van der Waals surface area contributed by atoms with Crippen molar-refractivity contribution < 1.29 is 29.6 Å². The second-order valence-electron chi connectivity index (χ2n) is 7.73. The van der Waals surface area contributed by atoms with Crippen molar-refractivity contribution in [3.63, 3.8) is 0 Å². The Balaban J connectivity index is 1.88. The maximum Gasteiger partial charge on any atom is 0.252 e. The highest BCUT2D eigenvalue weighted by Gasteiger charge is 2.44. The SMILES string of the molecule is [N-]=[N+]=Nc1ccccc1C[C@]1(C(=O)NCC(O)CO)COC(c2ccc(OCCCO)cc2)=N1. The molecule has 0 fully saturated rings. The molecular formula is C23H27N5O6. The Morgan fingerprint density at radius 3 is 2.74 bits per heavy atom. The predicted molar refractivity (Wildman–Crippen MR) is 124 cm³/mol. The second kappa shape index (κ2) is 12.0. The lowest BCUT2D eigenvalue weighted by Crippen LogP contribution is -2.50. The molecule has 11 heteroatoms. The zero-order valence-corrected chi connectivity index (χ0v) is 18.5. The van der Waals surface area contributed by atoms with Crippen LogP contribution >= 0.6 is 0 Å². The van der Waals surface area contributed by atoms with Crippen LogP contribution in [-0.4, -0.2) is 71.7 Å². The van der Waals surface area contributed by atoms with Gasteiger partial charge in [-0.3, -0.25) is 4.79 Å². The Kier molecular flexibility index (Phi) is 8.83. The minimum atomic E-state index is -1.37. The van der Waals surface area contributed by atoms with Gasteiger partial charge < -0.3 is 30.1 Å². The van der Waals surface area contributed by atoms with Crippen LogP contribution in [-0.2, 0) is 16.0 Å². The molecule has 3 rings (SSSR count). The molecule has 180 valence electrons. The third-order valence-corrected chi connectivity index (χ3v) is 5.19. The highest BCUT2D eigenvalue weighted by molar-refractivity contribution is 6.00. The lowest BCUT2D eigenvalue weighted by atomic mass is 9.90. The van der Waals surface area contributed by atoms with Crippen LogP contribution in [0.2, 0.25) is 0 Å². The Bertz CT molecular complexity index is 1050. The van der Waals surface area contributed by atoms with E-state index in [4.69, 9.17) is 25.2 Å². The van der Waals surface area contributed by atoms with Crippen LogP contribution in [0.4, 0.5) is 5.69 Å². The molecule has 0 aliphatic carbocycles. The van der Waals surface area contributed by atoms with E-state index < -0.39 is 24.2 Å². The Hall–Kier alpha value is -3.63. The maximum atomic E-state index is 13.2. The molecule has 0 bridgehead atoms. The van der Waals surface area contributed by atoms with Crippen LogP contribution in [0.25, 0.3) is 10.4 Å². The summed E-state index contributed by atoms with van der Waals surface area (Å²) in [7, 11) is 0. The molecule has 0 saturated carbocycles. The normalized spacial score (nSPS) is 17.8. The first-order valence-electron chi connectivity index (χ1n) is 10.8. The summed E-state index contributed by atoms with van der Waals surface area (Å²) in [5, 5.41) is 33.9. The number of hydrogen-bond donors (Lipinski definition) is 4. The minimum absolute atomic E-state index is 0.0466. The standard InChI is InChI=1S/C23H27N5O6/c24-28-27-20-5-2-1-4-17(20)12-23(22(32)25-13-18(31)14-30)15-34-21(26-23)16-6-8-19(9-7-16)33-11-3-10-29/h1-2,4-9,18,29-31H,3,10-15H2,(H,25,32)/t18?,23-/m1/s1. The number of azide groups is 1. The highest BCUT2D eigenvalue weighted by Crippen LogP contribution is 2.31. The van der Waals surface area contributed by atoms with Gasteiger partial charge in [-0.1, -0.05) is 29.4 Å². The lowest BCUT2D eigenvalue weighted by molar-refractivity contribution is -0.127. The van der Waals surface area contributed by atoms with E-state index in [2.05, 4.69) is 20.3 Å². The van der Waals surface area contributed by atoms with E-state index in [1.807, 2.05) is 0 Å². The fourth-order valence-corrected chi connectivity index (χ4v) is 3.39. The summed E-state index contributed by atoms with van der Waals surface area (Å²) < 4.78 is 11.4. The number of hydrogen-bond acceptors (Lipinski definition) is 8. The minimum Gasteiger partial charge on any atom is -0.494 e. The zero-order valence-electron chi connectivity index (χ0n) is 18.5. The fraction of sp³-hybridized carbons (Fsp3) is 0.391. The molecule has 1 aliphatic heterocycles. The number of rotatable bonds is 12. The van der Waals surface area contributed by atoms with Gasteiger partial charge in [0.1, 0.15) is 12.4 Å². The summed E-state index contributed by atoms with van der Waals surface area (Å²) in [5.74, 6) is 0.400. The van der Waals surface area contributed by atoms with Gasteiger partial charge in [-0.2, -0.15) is 0 Å². The first kappa shape index (κ1) is 25.0. The molecule has 2 aromatic carbocycles. The average Bonchev–Trinajstić information content (AvgIpc) is 3.29.